The molecule has 0 aliphatic carbocycles. The molecule has 49 heavy (non-hydrogen) atoms. The van der Waals surface area contributed by atoms with Crippen LogP contribution >= 0.6 is 0 Å². The van der Waals surface area contributed by atoms with Crippen molar-refractivity contribution >= 4 is 71.7 Å². The summed E-state index contributed by atoms with van der Waals surface area (Å²) in [5, 5.41) is 6.53. The number of nitrogens with zero attached hydrogens (tertiary/aromatic N) is 1. The minimum atomic E-state index is 0.834. The third-order valence-corrected chi connectivity index (χ3v) is 9.65. The minimum absolute atomic E-state index is 0.834. The highest BCUT2D eigenvalue weighted by molar-refractivity contribution is 6.30. The van der Waals surface area contributed by atoms with E-state index in [2.05, 4.69) is 169 Å². The molecule has 230 valence electrons. The molecule has 2 heterocycles. The Kier molecular flexibility index (Phi) is 6.18. The van der Waals surface area contributed by atoms with Gasteiger partial charge in [-0.15, -0.1) is 0 Å². The second-order valence-corrected chi connectivity index (χ2v) is 12.5. The van der Waals surface area contributed by atoms with Crippen molar-refractivity contribution in [2.24, 2.45) is 0 Å². The Hall–Kier alpha value is -6.58. The van der Waals surface area contributed by atoms with Crippen LogP contribution in [-0.2, 0) is 0 Å². The van der Waals surface area contributed by atoms with Crippen LogP contribution in [0.5, 0.6) is 0 Å². The molecule has 3 nitrogen and oxygen atoms in total. The average molecular weight is 628 g/mol. The Balaban J connectivity index is 1.26. The van der Waals surface area contributed by atoms with Crippen molar-refractivity contribution in [2.75, 3.05) is 4.90 Å². The van der Waals surface area contributed by atoms with Crippen LogP contribution < -0.4 is 4.90 Å². The molecule has 0 spiro atoms. The van der Waals surface area contributed by atoms with Gasteiger partial charge < -0.3 is 13.7 Å². The van der Waals surface area contributed by atoms with E-state index >= 15 is 0 Å². The van der Waals surface area contributed by atoms with Crippen molar-refractivity contribution in [3.63, 3.8) is 0 Å². The van der Waals surface area contributed by atoms with Gasteiger partial charge in [-0.2, -0.15) is 0 Å². The predicted octanol–water partition coefficient (Wildman–Crippen LogP) is 13.4. The first-order valence-corrected chi connectivity index (χ1v) is 16.6. The molecule has 8 aromatic carbocycles. The molecule has 0 bridgehead atoms. The first-order valence-electron chi connectivity index (χ1n) is 16.6. The van der Waals surface area contributed by atoms with Crippen LogP contribution in [0.3, 0.4) is 0 Å². The largest absolute Gasteiger partial charge is 0.456 e. The van der Waals surface area contributed by atoms with E-state index in [1.807, 2.05) is 12.1 Å². The Morgan fingerprint density at radius 2 is 0.980 bits per heavy atom. The zero-order chi connectivity index (χ0) is 32.3. The zero-order valence-electron chi connectivity index (χ0n) is 26.5. The first kappa shape index (κ1) is 27.5. The summed E-state index contributed by atoms with van der Waals surface area (Å²) < 4.78 is 13.3. The number of hydrogen-bond acceptors (Lipinski definition) is 3. The normalized spacial score (nSPS) is 11.7. The molecule has 0 N–H and O–H groups in total. The van der Waals surface area contributed by atoms with Crippen molar-refractivity contribution in [1.82, 2.24) is 0 Å². The molecule has 10 aromatic rings. The van der Waals surface area contributed by atoms with Crippen molar-refractivity contribution in [3.05, 3.63) is 176 Å². The van der Waals surface area contributed by atoms with E-state index in [1.165, 1.54) is 16.7 Å². The van der Waals surface area contributed by atoms with E-state index in [0.717, 1.165) is 77.3 Å². The molecule has 0 saturated heterocycles. The number of fused-ring (bicyclic) bond motifs is 9. The zero-order valence-corrected chi connectivity index (χ0v) is 26.5. The van der Waals surface area contributed by atoms with Crippen molar-refractivity contribution in [3.8, 4) is 22.3 Å². The van der Waals surface area contributed by atoms with Crippen LogP contribution in [-0.4, -0.2) is 0 Å². The third-order valence-electron chi connectivity index (χ3n) is 9.65. The second-order valence-electron chi connectivity index (χ2n) is 12.5. The van der Waals surface area contributed by atoms with Gasteiger partial charge in [0, 0.05) is 32.9 Å². The standard InChI is InChI=1S/C46H29NO2/c1-3-11-30(12-4-1)32-21-24-35(25-22-32)47(36-17-9-16-34(29-36)31-13-5-2-6-14-31)39-19-10-20-40-44(39)45-42(48-40)28-27-41-43(45)38-26-23-33-15-7-8-18-37(33)46(38)49-41/h1-29H. The maximum absolute atomic E-state index is 6.63. The van der Waals surface area contributed by atoms with Gasteiger partial charge in [0.2, 0.25) is 0 Å². The number of anilines is 3. The molecule has 3 heteroatoms. The fourth-order valence-electron chi connectivity index (χ4n) is 7.39. The fourth-order valence-corrected chi connectivity index (χ4v) is 7.39. The summed E-state index contributed by atoms with van der Waals surface area (Å²) in [5.74, 6) is 0. The van der Waals surface area contributed by atoms with E-state index in [-0.39, 0.29) is 0 Å². The molecule has 0 fully saturated rings. The van der Waals surface area contributed by atoms with E-state index in [9.17, 15) is 0 Å². The fraction of sp³-hybridized carbons (Fsp3) is 0. The van der Waals surface area contributed by atoms with Crippen LogP contribution in [0.1, 0.15) is 0 Å². The van der Waals surface area contributed by atoms with Gasteiger partial charge in [0.25, 0.3) is 0 Å². The predicted molar refractivity (Wildman–Crippen MR) is 204 cm³/mol. The topological polar surface area (TPSA) is 29.5 Å². The summed E-state index contributed by atoms with van der Waals surface area (Å²) in [6.07, 6.45) is 0. The maximum Gasteiger partial charge on any atom is 0.143 e. The van der Waals surface area contributed by atoms with Crippen LogP contribution in [0.25, 0.3) is 76.9 Å². The summed E-state index contributed by atoms with van der Waals surface area (Å²) in [4.78, 5) is 2.36. The lowest BCUT2D eigenvalue weighted by Crippen LogP contribution is -2.10. The Morgan fingerprint density at radius 3 is 1.78 bits per heavy atom. The Morgan fingerprint density at radius 1 is 0.347 bits per heavy atom. The molecule has 0 atom stereocenters. The van der Waals surface area contributed by atoms with E-state index < -0.39 is 0 Å². The Bertz CT molecular complexity index is 2810. The number of benzene rings is 8. The van der Waals surface area contributed by atoms with Gasteiger partial charge in [0.1, 0.15) is 22.3 Å². The molecule has 2 aromatic heterocycles. The summed E-state index contributed by atoms with van der Waals surface area (Å²) in [6, 6.07) is 61.9. The van der Waals surface area contributed by atoms with Gasteiger partial charge in [-0.3, -0.25) is 0 Å². The molecule has 10 rings (SSSR count). The van der Waals surface area contributed by atoms with Crippen LogP contribution in [0, 0.1) is 0 Å². The van der Waals surface area contributed by atoms with Crippen LogP contribution in [0.15, 0.2) is 185 Å². The maximum atomic E-state index is 6.63. The van der Waals surface area contributed by atoms with E-state index in [1.54, 1.807) is 0 Å². The smallest absolute Gasteiger partial charge is 0.143 e. The molecule has 0 unspecified atom stereocenters. The monoisotopic (exact) mass is 627 g/mol. The van der Waals surface area contributed by atoms with Gasteiger partial charge in [-0.25, -0.2) is 0 Å². The number of hydrogen-bond donors (Lipinski definition) is 0. The van der Waals surface area contributed by atoms with Gasteiger partial charge in [-0.1, -0.05) is 121 Å². The van der Waals surface area contributed by atoms with Gasteiger partial charge in [0.05, 0.1) is 11.1 Å². The molecule has 0 saturated carbocycles. The van der Waals surface area contributed by atoms with Gasteiger partial charge in [-0.05, 0) is 82.2 Å². The molecule has 0 radical (unpaired) electrons. The molecule has 0 aliphatic rings. The summed E-state index contributed by atoms with van der Waals surface area (Å²) >= 11 is 0. The highest BCUT2D eigenvalue weighted by Crippen LogP contribution is 2.47. The second kappa shape index (κ2) is 11.0. The van der Waals surface area contributed by atoms with Crippen molar-refractivity contribution < 1.29 is 8.83 Å². The number of rotatable bonds is 5. The molecule has 0 amide bonds. The molecular weight excluding hydrogens is 599 g/mol. The molecular formula is C46H29NO2. The summed E-state index contributed by atoms with van der Waals surface area (Å²) in [5.41, 5.74) is 11.3. The van der Waals surface area contributed by atoms with Gasteiger partial charge in [0.15, 0.2) is 0 Å². The van der Waals surface area contributed by atoms with Crippen molar-refractivity contribution in [2.45, 2.75) is 0 Å². The minimum Gasteiger partial charge on any atom is -0.456 e. The lowest BCUT2D eigenvalue weighted by atomic mass is 10.0. The van der Waals surface area contributed by atoms with Crippen LogP contribution in [0.4, 0.5) is 17.1 Å². The first-order chi connectivity index (χ1) is 24.3. The van der Waals surface area contributed by atoms with Crippen LogP contribution in [0.2, 0.25) is 0 Å². The highest BCUT2D eigenvalue weighted by Gasteiger charge is 2.23. The van der Waals surface area contributed by atoms with E-state index in [0.29, 0.717) is 0 Å². The van der Waals surface area contributed by atoms with Gasteiger partial charge >= 0.3 is 0 Å². The lowest BCUT2D eigenvalue weighted by molar-refractivity contribution is 0.664. The SMILES string of the molecule is c1ccc(-c2ccc(N(c3cccc(-c4ccccc4)c3)c3cccc4oc5ccc6oc7c8ccccc8ccc7c6c5c34)cc2)cc1. The summed E-state index contributed by atoms with van der Waals surface area (Å²) in [7, 11) is 0. The third kappa shape index (κ3) is 4.44. The highest BCUT2D eigenvalue weighted by atomic mass is 16.3. The number of furan rings is 2. The quantitative estimate of drug-likeness (QED) is 0.190. The lowest BCUT2D eigenvalue weighted by Gasteiger charge is -2.27. The van der Waals surface area contributed by atoms with Crippen molar-refractivity contribution in [1.29, 1.82) is 0 Å². The summed E-state index contributed by atoms with van der Waals surface area (Å²) in [6.45, 7) is 0. The molecule has 0 aliphatic heterocycles. The Labute approximate surface area is 282 Å². The van der Waals surface area contributed by atoms with E-state index in [4.69, 9.17) is 8.83 Å². The average Bonchev–Trinajstić information content (AvgIpc) is 3.75.